The summed E-state index contributed by atoms with van der Waals surface area (Å²) in [5.74, 6) is 1.59. The lowest BCUT2D eigenvalue weighted by atomic mass is 10.3. The molecule has 0 bridgehead atoms. The van der Waals surface area contributed by atoms with Crippen LogP contribution in [0.2, 0.25) is 0 Å². The molecule has 2 saturated carbocycles. The molecular weight excluding hydrogens is 244 g/mol. The van der Waals surface area contributed by atoms with Gasteiger partial charge in [0, 0.05) is 20.3 Å². The zero-order chi connectivity index (χ0) is 13.5. The van der Waals surface area contributed by atoms with Gasteiger partial charge in [0.05, 0.1) is 25.9 Å². The van der Waals surface area contributed by atoms with Crippen molar-refractivity contribution in [3.63, 3.8) is 0 Å². The van der Waals surface area contributed by atoms with Crippen LogP contribution in [0.15, 0.2) is 0 Å². The Balaban J connectivity index is 1.56. The van der Waals surface area contributed by atoms with Crippen LogP contribution in [0, 0.1) is 11.8 Å². The summed E-state index contributed by atoms with van der Waals surface area (Å²) in [7, 11) is 1.70. The zero-order valence-electron chi connectivity index (χ0n) is 12.3. The van der Waals surface area contributed by atoms with Crippen LogP contribution in [-0.2, 0) is 18.9 Å². The molecule has 0 unspecified atom stereocenters. The molecule has 0 aromatic carbocycles. The van der Waals surface area contributed by atoms with Crippen molar-refractivity contribution in [1.29, 1.82) is 0 Å². The third kappa shape index (κ3) is 7.25. The Hall–Kier alpha value is -0.160. The fourth-order valence-corrected chi connectivity index (χ4v) is 1.79. The molecule has 0 heterocycles. The van der Waals surface area contributed by atoms with Crippen molar-refractivity contribution in [3.8, 4) is 0 Å². The summed E-state index contributed by atoms with van der Waals surface area (Å²) < 4.78 is 22.4. The van der Waals surface area contributed by atoms with Gasteiger partial charge in [-0.05, 0) is 44.4 Å². The van der Waals surface area contributed by atoms with Gasteiger partial charge in [-0.15, -0.1) is 0 Å². The van der Waals surface area contributed by atoms with E-state index < -0.39 is 0 Å². The maximum atomic E-state index is 5.89. The summed E-state index contributed by atoms with van der Waals surface area (Å²) in [6.07, 6.45) is 5.50. The number of rotatable bonds is 12. The minimum absolute atomic E-state index is 0.0726. The predicted octanol–water partition coefficient (Wildman–Crippen LogP) is 2.26. The minimum Gasteiger partial charge on any atom is -0.379 e. The minimum atomic E-state index is 0.0726. The monoisotopic (exact) mass is 272 g/mol. The topological polar surface area (TPSA) is 36.9 Å². The van der Waals surface area contributed by atoms with Gasteiger partial charge in [-0.2, -0.15) is 0 Å². The van der Waals surface area contributed by atoms with Crippen molar-refractivity contribution in [2.24, 2.45) is 11.8 Å². The van der Waals surface area contributed by atoms with E-state index in [1.54, 1.807) is 7.11 Å². The van der Waals surface area contributed by atoms with Crippen LogP contribution in [0.4, 0.5) is 0 Å². The van der Waals surface area contributed by atoms with Gasteiger partial charge in [-0.1, -0.05) is 0 Å². The van der Waals surface area contributed by atoms with Gasteiger partial charge in [0.15, 0.2) is 0 Å². The molecule has 0 aliphatic heterocycles. The van der Waals surface area contributed by atoms with Gasteiger partial charge in [0.1, 0.15) is 6.10 Å². The van der Waals surface area contributed by atoms with Crippen LogP contribution in [-0.4, -0.2) is 52.4 Å². The summed E-state index contributed by atoms with van der Waals surface area (Å²) in [4.78, 5) is 0. The second kappa shape index (κ2) is 8.20. The Morgan fingerprint density at radius 2 is 1.53 bits per heavy atom. The highest BCUT2D eigenvalue weighted by Gasteiger charge is 2.25. The largest absolute Gasteiger partial charge is 0.379 e. The molecular formula is C15H28O4. The molecule has 4 heteroatoms. The Morgan fingerprint density at radius 1 is 0.895 bits per heavy atom. The molecule has 4 nitrogen and oxygen atoms in total. The van der Waals surface area contributed by atoms with E-state index >= 15 is 0 Å². The predicted molar refractivity (Wildman–Crippen MR) is 73.3 cm³/mol. The van der Waals surface area contributed by atoms with E-state index in [2.05, 4.69) is 0 Å². The lowest BCUT2D eigenvalue weighted by Gasteiger charge is -2.19. The first-order valence-electron chi connectivity index (χ1n) is 7.57. The normalized spacial score (nSPS) is 22.4. The van der Waals surface area contributed by atoms with Crippen molar-refractivity contribution < 1.29 is 18.9 Å². The second-order valence-electron chi connectivity index (χ2n) is 5.96. The molecule has 0 saturated heterocycles. The van der Waals surface area contributed by atoms with Crippen LogP contribution < -0.4 is 0 Å². The van der Waals surface area contributed by atoms with Gasteiger partial charge in [-0.3, -0.25) is 0 Å². The molecule has 2 rings (SSSR count). The third-order valence-electron chi connectivity index (χ3n) is 3.68. The van der Waals surface area contributed by atoms with Gasteiger partial charge >= 0.3 is 0 Å². The molecule has 0 spiro atoms. The summed E-state index contributed by atoms with van der Waals surface area (Å²) in [6, 6.07) is 0. The molecule has 0 radical (unpaired) electrons. The summed E-state index contributed by atoms with van der Waals surface area (Å²) in [5.41, 5.74) is 0. The third-order valence-corrected chi connectivity index (χ3v) is 3.68. The Labute approximate surface area is 116 Å². The lowest BCUT2D eigenvalue weighted by molar-refractivity contribution is -0.0772. The standard InChI is InChI=1S/C15H28O4/c1-12(16-2)7-17-10-15(19-9-14-5-6-14)11-18-8-13-3-4-13/h12-15H,3-11H2,1-2H3/t12-,15-/m1/s1. The fourth-order valence-electron chi connectivity index (χ4n) is 1.79. The number of ether oxygens (including phenoxy) is 4. The van der Waals surface area contributed by atoms with Crippen LogP contribution in [0.25, 0.3) is 0 Å². The number of hydrogen-bond acceptors (Lipinski definition) is 4. The first-order chi connectivity index (χ1) is 9.28. The molecule has 2 aliphatic rings. The maximum Gasteiger partial charge on any atom is 0.104 e. The molecule has 2 fully saturated rings. The van der Waals surface area contributed by atoms with E-state index in [9.17, 15) is 0 Å². The molecule has 19 heavy (non-hydrogen) atoms. The molecule has 0 N–H and O–H groups in total. The molecule has 0 aromatic rings. The molecule has 112 valence electrons. The van der Waals surface area contributed by atoms with Gasteiger partial charge < -0.3 is 18.9 Å². The van der Waals surface area contributed by atoms with Crippen molar-refractivity contribution in [2.75, 3.05) is 40.1 Å². The van der Waals surface area contributed by atoms with Crippen molar-refractivity contribution >= 4 is 0 Å². The van der Waals surface area contributed by atoms with E-state index in [4.69, 9.17) is 18.9 Å². The van der Waals surface area contributed by atoms with Crippen LogP contribution >= 0.6 is 0 Å². The average Bonchev–Trinajstić information content (AvgIpc) is 3.27. The smallest absolute Gasteiger partial charge is 0.104 e. The molecule has 2 aliphatic carbocycles. The fraction of sp³-hybridized carbons (Fsp3) is 1.00. The van der Waals surface area contributed by atoms with E-state index in [0.29, 0.717) is 19.8 Å². The van der Waals surface area contributed by atoms with Crippen molar-refractivity contribution in [2.45, 2.75) is 44.8 Å². The molecule has 0 amide bonds. The van der Waals surface area contributed by atoms with Gasteiger partial charge in [-0.25, -0.2) is 0 Å². The quantitative estimate of drug-likeness (QED) is 0.546. The van der Waals surface area contributed by atoms with Crippen molar-refractivity contribution in [3.05, 3.63) is 0 Å². The van der Waals surface area contributed by atoms with Crippen LogP contribution in [0.1, 0.15) is 32.6 Å². The summed E-state index contributed by atoms with van der Waals surface area (Å²) >= 11 is 0. The van der Waals surface area contributed by atoms with E-state index in [0.717, 1.165) is 25.0 Å². The average molecular weight is 272 g/mol. The van der Waals surface area contributed by atoms with Crippen molar-refractivity contribution in [1.82, 2.24) is 0 Å². The highest BCUT2D eigenvalue weighted by molar-refractivity contribution is 4.74. The van der Waals surface area contributed by atoms with Crippen LogP contribution in [0.3, 0.4) is 0 Å². The summed E-state index contributed by atoms with van der Waals surface area (Å²) in [5, 5.41) is 0. The zero-order valence-corrected chi connectivity index (χ0v) is 12.3. The van der Waals surface area contributed by atoms with Gasteiger partial charge in [0.25, 0.3) is 0 Å². The van der Waals surface area contributed by atoms with E-state index in [1.807, 2.05) is 6.92 Å². The Kier molecular flexibility index (Phi) is 6.57. The highest BCUT2D eigenvalue weighted by atomic mass is 16.6. The summed E-state index contributed by atoms with van der Waals surface area (Å²) in [6.45, 7) is 5.63. The van der Waals surface area contributed by atoms with E-state index in [-0.39, 0.29) is 12.2 Å². The number of methoxy groups -OCH3 is 1. The SMILES string of the molecule is CO[C@H](C)COC[C@H](COCC1CC1)OCC1CC1. The Bertz CT molecular complexity index is 238. The first-order valence-corrected chi connectivity index (χ1v) is 7.57. The van der Waals surface area contributed by atoms with E-state index in [1.165, 1.54) is 25.7 Å². The maximum absolute atomic E-state index is 5.89. The first kappa shape index (κ1) is 15.2. The Morgan fingerprint density at radius 3 is 2.16 bits per heavy atom. The van der Waals surface area contributed by atoms with Crippen LogP contribution in [0.5, 0.6) is 0 Å². The van der Waals surface area contributed by atoms with Gasteiger partial charge in [0.2, 0.25) is 0 Å². The number of hydrogen-bond donors (Lipinski definition) is 0. The lowest BCUT2D eigenvalue weighted by Crippen LogP contribution is -2.29. The molecule has 0 aromatic heterocycles. The molecule has 2 atom stereocenters. The second-order valence-corrected chi connectivity index (χ2v) is 5.96. The highest BCUT2D eigenvalue weighted by Crippen LogP contribution is 2.30.